The molecule has 2 aromatic rings. The molecule has 1 saturated heterocycles. The molecule has 1 aliphatic rings. The van der Waals surface area contributed by atoms with Crippen molar-refractivity contribution in [1.82, 2.24) is 4.90 Å². The molecule has 0 aromatic heterocycles. The third-order valence-corrected chi connectivity index (χ3v) is 4.90. The summed E-state index contributed by atoms with van der Waals surface area (Å²) in [6, 6.07) is 17.7. The Hall–Kier alpha value is -1.71. The summed E-state index contributed by atoms with van der Waals surface area (Å²) in [5.74, 6) is 0.777. The van der Waals surface area contributed by atoms with Crippen molar-refractivity contribution in [3.05, 3.63) is 71.5 Å². The lowest BCUT2D eigenvalue weighted by molar-refractivity contribution is 0.252. The molecule has 0 bridgehead atoms. The molecule has 3 atom stereocenters. The van der Waals surface area contributed by atoms with Gasteiger partial charge in [-0.3, -0.25) is 4.90 Å². The van der Waals surface area contributed by atoms with E-state index < -0.39 is 0 Å². The number of nitrogens with zero attached hydrogens (tertiary/aromatic N) is 1. The second-order valence-electron chi connectivity index (χ2n) is 6.19. The number of likely N-dealkylation sites (tertiary alicyclic amines) is 1. The maximum absolute atomic E-state index is 13.1. The Balaban J connectivity index is 1.77. The lowest BCUT2D eigenvalue weighted by Gasteiger charge is -2.25. The van der Waals surface area contributed by atoms with Gasteiger partial charge in [0.25, 0.3) is 0 Å². The van der Waals surface area contributed by atoms with Gasteiger partial charge >= 0.3 is 0 Å². The van der Waals surface area contributed by atoms with Gasteiger partial charge in [0.2, 0.25) is 0 Å². The van der Waals surface area contributed by atoms with Gasteiger partial charge in [-0.15, -0.1) is 0 Å². The van der Waals surface area contributed by atoms with Crippen molar-refractivity contribution in [2.24, 2.45) is 11.7 Å². The highest BCUT2D eigenvalue weighted by Crippen LogP contribution is 2.36. The quantitative estimate of drug-likeness (QED) is 0.935. The third-order valence-electron chi connectivity index (χ3n) is 4.90. The number of benzene rings is 2. The second kappa shape index (κ2) is 6.59. The van der Waals surface area contributed by atoms with Gasteiger partial charge in [-0.05, 0) is 42.6 Å². The largest absolute Gasteiger partial charge is 0.330 e. The van der Waals surface area contributed by atoms with Gasteiger partial charge in [0, 0.05) is 25.0 Å². The standard InChI is InChI=1S/C19H23FN2/c1-14(15-7-9-18(20)10-8-15)22-12-17(11-21)19(13-22)16-5-3-2-4-6-16/h2-10,14,17,19H,11-13,21H2,1H3/t14?,17-,19+/m1/s1. The fraction of sp³-hybridized carbons (Fsp3) is 0.368. The number of halogens is 1. The Morgan fingerprint density at radius 3 is 2.41 bits per heavy atom. The van der Waals surface area contributed by atoms with E-state index in [-0.39, 0.29) is 11.9 Å². The van der Waals surface area contributed by atoms with E-state index in [1.54, 1.807) is 0 Å². The van der Waals surface area contributed by atoms with E-state index in [0.717, 1.165) is 18.7 Å². The minimum Gasteiger partial charge on any atom is -0.330 e. The zero-order chi connectivity index (χ0) is 15.5. The first kappa shape index (κ1) is 15.2. The van der Waals surface area contributed by atoms with Crippen molar-refractivity contribution in [2.75, 3.05) is 19.6 Å². The zero-order valence-corrected chi connectivity index (χ0v) is 13.0. The molecule has 3 rings (SSSR count). The van der Waals surface area contributed by atoms with Crippen LogP contribution in [-0.4, -0.2) is 24.5 Å². The van der Waals surface area contributed by atoms with Crippen LogP contribution in [0.15, 0.2) is 54.6 Å². The van der Waals surface area contributed by atoms with E-state index in [1.165, 1.54) is 17.7 Å². The highest BCUT2D eigenvalue weighted by molar-refractivity contribution is 5.24. The number of hydrogen-bond acceptors (Lipinski definition) is 2. The van der Waals surface area contributed by atoms with E-state index in [2.05, 4.69) is 42.2 Å². The summed E-state index contributed by atoms with van der Waals surface area (Å²) in [7, 11) is 0. The minimum absolute atomic E-state index is 0.181. The molecule has 1 unspecified atom stereocenters. The molecule has 3 heteroatoms. The molecule has 0 amide bonds. The number of rotatable bonds is 4. The van der Waals surface area contributed by atoms with E-state index in [4.69, 9.17) is 5.73 Å². The topological polar surface area (TPSA) is 29.3 Å². The lowest BCUT2D eigenvalue weighted by Crippen LogP contribution is -2.26. The normalized spacial score (nSPS) is 23.6. The molecule has 116 valence electrons. The zero-order valence-electron chi connectivity index (χ0n) is 13.0. The van der Waals surface area contributed by atoms with Gasteiger partial charge in [-0.25, -0.2) is 4.39 Å². The van der Waals surface area contributed by atoms with Crippen LogP contribution < -0.4 is 5.73 Å². The molecule has 2 nitrogen and oxygen atoms in total. The minimum atomic E-state index is -0.181. The Labute approximate surface area is 131 Å². The molecule has 0 radical (unpaired) electrons. The average Bonchev–Trinajstić information content (AvgIpc) is 3.00. The van der Waals surface area contributed by atoms with Crippen LogP contribution in [-0.2, 0) is 0 Å². The lowest BCUT2D eigenvalue weighted by atomic mass is 9.89. The molecule has 1 heterocycles. The van der Waals surface area contributed by atoms with Gasteiger partial charge in [0.1, 0.15) is 5.82 Å². The van der Waals surface area contributed by atoms with E-state index in [0.29, 0.717) is 18.4 Å². The van der Waals surface area contributed by atoms with Crippen LogP contribution >= 0.6 is 0 Å². The van der Waals surface area contributed by atoms with Gasteiger partial charge in [-0.2, -0.15) is 0 Å². The Morgan fingerprint density at radius 2 is 1.77 bits per heavy atom. The Kier molecular flexibility index (Phi) is 4.55. The smallest absolute Gasteiger partial charge is 0.123 e. The highest BCUT2D eigenvalue weighted by atomic mass is 19.1. The molecule has 1 fully saturated rings. The van der Waals surface area contributed by atoms with Crippen LogP contribution in [0.4, 0.5) is 4.39 Å². The average molecular weight is 298 g/mol. The summed E-state index contributed by atoms with van der Waals surface area (Å²) >= 11 is 0. The molecule has 2 N–H and O–H groups in total. The van der Waals surface area contributed by atoms with Crippen molar-refractivity contribution >= 4 is 0 Å². The summed E-state index contributed by atoms with van der Waals surface area (Å²) in [5, 5.41) is 0. The molecular weight excluding hydrogens is 275 g/mol. The monoisotopic (exact) mass is 298 g/mol. The van der Waals surface area contributed by atoms with Crippen LogP contribution in [0.1, 0.15) is 30.0 Å². The summed E-state index contributed by atoms with van der Waals surface area (Å²) < 4.78 is 13.1. The summed E-state index contributed by atoms with van der Waals surface area (Å²) in [6.45, 7) is 4.89. The SMILES string of the molecule is CC(c1ccc(F)cc1)N1C[C@@H](CN)[C@H](c2ccccc2)C1. The maximum atomic E-state index is 13.1. The second-order valence-corrected chi connectivity index (χ2v) is 6.19. The molecule has 0 saturated carbocycles. The number of nitrogens with two attached hydrogens (primary N) is 1. The fourth-order valence-electron chi connectivity index (χ4n) is 3.49. The van der Waals surface area contributed by atoms with E-state index >= 15 is 0 Å². The van der Waals surface area contributed by atoms with Gasteiger partial charge in [-0.1, -0.05) is 42.5 Å². The van der Waals surface area contributed by atoms with E-state index in [1.807, 2.05) is 12.1 Å². The van der Waals surface area contributed by atoms with Crippen molar-refractivity contribution in [2.45, 2.75) is 18.9 Å². The Morgan fingerprint density at radius 1 is 1.09 bits per heavy atom. The molecular formula is C19H23FN2. The highest BCUT2D eigenvalue weighted by Gasteiger charge is 2.35. The summed E-state index contributed by atoms with van der Waals surface area (Å²) in [6.07, 6.45) is 0. The van der Waals surface area contributed by atoms with Gasteiger partial charge in [0.05, 0.1) is 0 Å². The van der Waals surface area contributed by atoms with Crippen LogP contribution in [0.3, 0.4) is 0 Å². The predicted molar refractivity (Wildman–Crippen MR) is 88.1 cm³/mol. The first-order valence-electron chi connectivity index (χ1n) is 7.93. The molecule has 0 aliphatic carbocycles. The van der Waals surface area contributed by atoms with Crippen LogP contribution in [0.5, 0.6) is 0 Å². The predicted octanol–water partition coefficient (Wildman–Crippen LogP) is 3.56. The summed E-state index contributed by atoms with van der Waals surface area (Å²) in [4.78, 5) is 2.46. The molecule has 2 aromatic carbocycles. The van der Waals surface area contributed by atoms with Crippen LogP contribution in [0.25, 0.3) is 0 Å². The maximum Gasteiger partial charge on any atom is 0.123 e. The molecule has 22 heavy (non-hydrogen) atoms. The van der Waals surface area contributed by atoms with E-state index in [9.17, 15) is 4.39 Å². The van der Waals surface area contributed by atoms with Crippen molar-refractivity contribution < 1.29 is 4.39 Å². The molecule has 1 aliphatic heterocycles. The van der Waals surface area contributed by atoms with Crippen molar-refractivity contribution in [1.29, 1.82) is 0 Å². The van der Waals surface area contributed by atoms with Crippen LogP contribution in [0.2, 0.25) is 0 Å². The fourth-order valence-corrected chi connectivity index (χ4v) is 3.49. The number of hydrogen-bond donors (Lipinski definition) is 1. The van der Waals surface area contributed by atoms with Crippen molar-refractivity contribution in [3.8, 4) is 0 Å². The Bertz CT molecular complexity index is 597. The van der Waals surface area contributed by atoms with Gasteiger partial charge < -0.3 is 5.73 Å². The first-order valence-corrected chi connectivity index (χ1v) is 7.93. The summed E-state index contributed by atoms with van der Waals surface area (Å²) in [5.41, 5.74) is 8.53. The first-order chi connectivity index (χ1) is 10.7. The third kappa shape index (κ3) is 3.06. The van der Waals surface area contributed by atoms with Gasteiger partial charge in [0.15, 0.2) is 0 Å². The van der Waals surface area contributed by atoms with Crippen molar-refractivity contribution in [3.63, 3.8) is 0 Å². The van der Waals surface area contributed by atoms with Crippen LogP contribution in [0, 0.1) is 11.7 Å². The molecule has 0 spiro atoms.